The van der Waals surface area contributed by atoms with Gasteiger partial charge >= 0.3 is 0 Å². The van der Waals surface area contributed by atoms with Crippen LogP contribution in [0.3, 0.4) is 0 Å². The molecular formula is C16H16F2N2O3S. The van der Waals surface area contributed by atoms with Gasteiger partial charge in [-0.1, -0.05) is 6.92 Å². The minimum atomic E-state index is -4.04. The van der Waals surface area contributed by atoms with Crippen LogP contribution in [-0.2, 0) is 14.8 Å². The molecule has 0 saturated carbocycles. The van der Waals surface area contributed by atoms with Gasteiger partial charge in [0.1, 0.15) is 0 Å². The lowest BCUT2D eigenvalue weighted by Crippen LogP contribution is -2.14. The number of nitrogens with one attached hydrogen (secondary N) is 2. The van der Waals surface area contributed by atoms with Gasteiger partial charge in [-0.25, -0.2) is 17.2 Å². The van der Waals surface area contributed by atoms with Crippen molar-refractivity contribution >= 4 is 27.3 Å². The van der Waals surface area contributed by atoms with Crippen LogP contribution in [-0.4, -0.2) is 14.3 Å². The van der Waals surface area contributed by atoms with E-state index >= 15 is 0 Å². The molecule has 0 fully saturated rings. The minimum absolute atomic E-state index is 0.132. The summed E-state index contributed by atoms with van der Waals surface area (Å²) in [7, 11) is -4.04. The van der Waals surface area contributed by atoms with Crippen LogP contribution in [0.1, 0.15) is 19.8 Å². The number of anilines is 2. The van der Waals surface area contributed by atoms with Gasteiger partial charge in [0.2, 0.25) is 5.91 Å². The molecule has 0 spiro atoms. The number of hydrogen-bond donors (Lipinski definition) is 2. The highest BCUT2D eigenvalue weighted by Crippen LogP contribution is 2.20. The monoisotopic (exact) mass is 354 g/mol. The van der Waals surface area contributed by atoms with Crippen LogP contribution < -0.4 is 10.0 Å². The van der Waals surface area contributed by atoms with Crippen molar-refractivity contribution in [3.63, 3.8) is 0 Å². The maximum absolute atomic E-state index is 13.2. The summed E-state index contributed by atoms with van der Waals surface area (Å²) in [5.74, 6) is -2.50. The van der Waals surface area contributed by atoms with Crippen LogP contribution in [0.2, 0.25) is 0 Å². The van der Waals surface area contributed by atoms with Gasteiger partial charge in [-0.15, -0.1) is 0 Å². The predicted molar refractivity (Wildman–Crippen MR) is 87.1 cm³/mol. The van der Waals surface area contributed by atoms with Gasteiger partial charge in [0.05, 0.1) is 4.90 Å². The van der Waals surface area contributed by atoms with Crippen molar-refractivity contribution in [2.24, 2.45) is 0 Å². The van der Waals surface area contributed by atoms with Crippen LogP contribution in [0.4, 0.5) is 20.2 Å². The van der Waals surface area contributed by atoms with Crippen LogP contribution in [0, 0.1) is 11.6 Å². The Balaban J connectivity index is 2.12. The van der Waals surface area contributed by atoms with Crippen molar-refractivity contribution in [3.8, 4) is 0 Å². The minimum Gasteiger partial charge on any atom is -0.326 e. The summed E-state index contributed by atoms with van der Waals surface area (Å²) in [5.41, 5.74) is 0.762. The molecular weight excluding hydrogens is 338 g/mol. The first kappa shape index (κ1) is 17.9. The fraction of sp³-hybridized carbons (Fsp3) is 0.188. The quantitative estimate of drug-likeness (QED) is 0.834. The maximum Gasteiger partial charge on any atom is 0.261 e. The van der Waals surface area contributed by atoms with Gasteiger partial charge < -0.3 is 5.32 Å². The molecule has 0 saturated heterocycles. The van der Waals surface area contributed by atoms with E-state index in [1.165, 1.54) is 24.3 Å². The second kappa shape index (κ2) is 7.39. The fourth-order valence-corrected chi connectivity index (χ4v) is 3.00. The molecule has 2 rings (SSSR count). The molecule has 0 aromatic heterocycles. The van der Waals surface area contributed by atoms with E-state index in [1.54, 1.807) is 0 Å². The molecule has 0 radical (unpaired) electrons. The van der Waals surface area contributed by atoms with Crippen LogP contribution in [0.25, 0.3) is 0 Å². The van der Waals surface area contributed by atoms with Crippen molar-refractivity contribution in [2.45, 2.75) is 24.7 Å². The van der Waals surface area contributed by atoms with Gasteiger partial charge in [-0.05, 0) is 48.9 Å². The molecule has 128 valence electrons. The Bertz CT molecular complexity index is 837. The molecule has 24 heavy (non-hydrogen) atoms. The first-order valence-corrected chi connectivity index (χ1v) is 8.68. The Kier molecular flexibility index (Phi) is 5.50. The fourth-order valence-electron chi connectivity index (χ4n) is 1.93. The smallest absolute Gasteiger partial charge is 0.261 e. The molecule has 1 amide bonds. The second-order valence-electron chi connectivity index (χ2n) is 5.06. The van der Waals surface area contributed by atoms with E-state index in [4.69, 9.17) is 0 Å². The number of sulfonamides is 1. The summed E-state index contributed by atoms with van der Waals surface area (Å²) >= 11 is 0. The molecule has 0 aliphatic rings. The first-order chi connectivity index (χ1) is 11.3. The van der Waals surface area contributed by atoms with Crippen LogP contribution >= 0.6 is 0 Å². The van der Waals surface area contributed by atoms with Gasteiger partial charge in [0.15, 0.2) is 11.6 Å². The lowest BCUT2D eigenvalue weighted by atomic mass is 10.2. The number of rotatable bonds is 6. The zero-order valence-electron chi connectivity index (χ0n) is 12.8. The van der Waals surface area contributed by atoms with Gasteiger partial charge in [-0.3, -0.25) is 9.52 Å². The van der Waals surface area contributed by atoms with E-state index in [9.17, 15) is 22.0 Å². The van der Waals surface area contributed by atoms with E-state index in [2.05, 4.69) is 10.0 Å². The summed E-state index contributed by atoms with van der Waals surface area (Å²) in [6.07, 6.45) is 1.11. The molecule has 8 heteroatoms. The van der Waals surface area contributed by atoms with Gasteiger partial charge in [-0.2, -0.15) is 0 Å². The highest BCUT2D eigenvalue weighted by Gasteiger charge is 2.16. The molecule has 5 nitrogen and oxygen atoms in total. The molecule has 0 unspecified atom stereocenters. The normalized spacial score (nSPS) is 11.1. The first-order valence-electron chi connectivity index (χ1n) is 7.19. The topological polar surface area (TPSA) is 75.3 Å². The molecule has 2 N–H and O–H groups in total. The van der Waals surface area contributed by atoms with E-state index in [0.717, 1.165) is 18.6 Å². The molecule has 0 bridgehead atoms. The lowest BCUT2D eigenvalue weighted by Gasteiger charge is -2.10. The molecule has 0 heterocycles. The molecule has 0 atom stereocenters. The summed E-state index contributed by atoms with van der Waals surface area (Å²) < 4.78 is 52.6. The molecule has 0 aliphatic heterocycles. The predicted octanol–water partition coefficient (Wildman–Crippen LogP) is 3.50. The van der Waals surface area contributed by atoms with Crippen molar-refractivity contribution in [2.75, 3.05) is 10.0 Å². The van der Waals surface area contributed by atoms with Crippen LogP contribution in [0.15, 0.2) is 47.4 Å². The van der Waals surface area contributed by atoms with Crippen molar-refractivity contribution in [3.05, 3.63) is 54.1 Å². The number of halogens is 2. The van der Waals surface area contributed by atoms with Crippen molar-refractivity contribution < 1.29 is 22.0 Å². The van der Waals surface area contributed by atoms with Gasteiger partial charge in [0.25, 0.3) is 10.0 Å². The van der Waals surface area contributed by atoms with E-state index < -0.39 is 21.7 Å². The van der Waals surface area contributed by atoms with Crippen molar-refractivity contribution in [1.29, 1.82) is 0 Å². The highest BCUT2D eigenvalue weighted by atomic mass is 32.2. The Morgan fingerprint density at radius 3 is 2.21 bits per heavy atom. The third-order valence-electron chi connectivity index (χ3n) is 3.10. The average Bonchev–Trinajstić information content (AvgIpc) is 2.52. The Labute approximate surface area is 138 Å². The zero-order valence-corrected chi connectivity index (χ0v) is 13.7. The third kappa shape index (κ3) is 4.51. The lowest BCUT2D eigenvalue weighted by molar-refractivity contribution is -0.116. The van der Waals surface area contributed by atoms with E-state index in [1.807, 2.05) is 6.92 Å². The van der Waals surface area contributed by atoms with Gasteiger partial charge in [0, 0.05) is 17.8 Å². The zero-order chi connectivity index (χ0) is 17.7. The molecule has 2 aromatic carbocycles. The molecule has 0 aliphatic carbocycles. The number of carbonyl (C=O) groups is 1. The Morgan fingerprint density at radius 1 is 1.00 bits per heavy atom. The highest BCUT2D eigenvalue weighted by molar-refractivity contribution is 7.92. The van der Waals surface area contributed by atoms with Crippen molar-refractivity contribution in [1.82, 2.24) is 0 Å². The average molecular weight is 354 g/mol. The number of benzene rings is 2. The molecule has 2 aromatic rings. The van der Waals surface area contributed by atoms with Crippen LogP contribution in [0.5, 0.6) is 0 Å². The van der Waals surface area contributed by atoms with E-state index in [-0.39, 0.29) is 16.5 Å². The number of hydrogen-bond acceptors (Lipinski definition) is 3. The third-order valence-corrected chi connectivity index (χ3v) is 4.48. The summed E-state index contributed by atoms with van der Waals surface area (Å²) in [5, 5.41) is 2.67. The maximum atomic E-state index is 13.2. The Morgan fingerprint density at radius 2 is 1.62 bits per heavy atom. The standard InChI is InChI=1S/C16H16F2N2O3S/c1-2-3-16(21)19-11-4-6-12(7-5-11)20-24(22,23)13-8-9-14(17)15(18)10-13/h4-10,20H,2-3H2,1H3,(H,19,21). The van der Waals surface area contributed by atoms with E-state index in [0.29, 0.717) is 18.2 Å². The second-order valence-corrected chi connectivity index (χ2v) is 6.74. The summed E-state index contributed by atoms with van der Waals surface area (Å²) in [6, 6.07) is 8.32. The number of carbonyl (C=O) groups excluding carboxylic acids is 1. The Hall–Kier alpha value is -2.48. The summed E-state index contributed by atoms with van der Waals surface area (Å²) in [4.78, 5) is 11.1. The largest absolute Gasteiger partial charge is 0.326 e. The number of amides is 1. The summed E-state index contributed by atoms with van der Waals surface area (Å²) in [6.45, 7) is 1.88. The SMILES string of the molecule is CCCC(=O)Nc1ccc(NS(=O)(=O)c2ccc(F)c(F)c2)cc1.